The Kier molecular flexibility index (Phi) is 6.92. The number of nitrogens with one attached hydrogen (secondary N) is 1. The van der Waals surface area contributed by atoms with E-state index in [1.165, 1.54) is 11.0 Å². The Hall–Kier alpha value is -5.26. The molecule has 8 rings (SSSR count). The standard InChI is InChI=1S/C34H35N9O3/c35-31-30-25(19-27(42(30)38-20-37-31)22-13-17-40(18-14-22)33(45)23-7-8-23)21-9-11-24(12-10-21)39-32(44)29-26-5-2-4-16-41(26)43(34(29)46)28-6-1-3-15-36-28/h1,3,6,9-12,15,19-20,22-23H,2,4-5,7-8,13-14,16-18H2,(H,39,44)(H2,35,37,38). The van der Waals surface area contributed by atoms with Crippen LogP contribution in [0.3, 0.4) is 0 Å². The highest BCUT2D eigenvalue weighted by Crippen LogP contribution is 2.38. The van der Waals surface area contributed by atoms with Crippen LogP contribution in [0.2, 0.25) is 0 Å². The highest BCUT2D eigenvalue weighted by Gasteiger charge is 2.36. The summed E-state index contributed by atoms with van der Waals surface area (Å²) in [5, 5.41) is 7.51. The summed E-state index contributed by atoms with van der Waals surface area (Å²) < 4.78 is 5.30. The first kappa shape index (κ1) is 28.2. The van der Waals surface area contributed by atoms with Crippen molar-refractivity contribution in [2.45, 2.75) is 57.4 Å². The molecule has 0 bridgehead atoms. The molecule has 3 aliphatic rings. The summed E-state index contributed by atoms with van der Waals surface area (Å²) in [6.07, 6.45) is 9.39. The van der Waals surface area contributed by atoms with Gasteiger partial charge in [-0.25, -0.2) is 14.5 Å². The molecular weight excluding hydrogens is 582 g/mol. The molecule has 6 heterocycles. The van der Waals surface area contributed by atoms with E-state index >= 15 is 0 Å². The summed E-state index contributed by atoms with van der Waals surface area (Å²) in [4.78, 5) is 50.4. The van der Waals surface area contributed by atoms with Crippen LogP contribution in [0.25, 0.3) is 22.5 Å². The molecule has 1 aromatic carbocycles. The second kappa shape index (κ2) is 11.3. The topological polar surface area (TPSA) is 145 Å². The van der Waals surface area contributed by atoms with Gasteiger partial charge in [-0.1, -0.05) is 18.2 Å². The number of anilines is 2. The number of fused-ring (bicyclic) bond motifs is 2. The first-order chi connectivity index (χ1) is 22.5. The Labute approximate surface area is 264 Å². The normalized spacial score (nSPS) is 16.8. The number of nitrogens with zero attached hydrogens (tertiary/aromatic N) is 7. The SMILES string of the molecule is Nc1ncnn2c(C3CCN(C(=O)C4CC4)CC3)cc(-c3ccc(NC(=O)c4c5n(n(-c6ccccn6)c4=O)CCCC5)cc3)c12. The third kappa shape index (κ3) is 4.84. The predicted molar refractivity (Wildman–Crippen MR) is 173 cm³/mol. The Bertz CT molecular complexity index is 2010. The van der Waals surface area contributed by atoms with Crippen molar-refractivity contribution in [1.82, 2.24) is 33.8 Å². The first-order valence-corrected chi connectivity index (χ1v) is 16.1. The molecule has 1 aliphatic carbocycles. The molecular formula is C34H35N9O3. The molecule has 12 nitrogen and oxygen atoms in total. The maximum atomic E-state index is 13.6. The molecule has 2 aliphatic heterocycles. The lowest BCUT2D eigenvalue weighted by Crippen LogP contribution is -2.39. The fourth-order valence-corrected chi connectivity index (χ4v) is 7.08. The van der Waals surface area contributed by atoms with E-state index in [0.29, 0.717) is 36.2 Å². The maximum absolute atomic E-state index is 13.6. The molecule has 2 fully saturated rings. The Morgan fingerprint density at radius 1 is 0.935 bits per heavy atom. The second-order valence-corrected chi connectivity index (χ2v) is 12.5. The molecule has 234 valence electrons. The molecule has 0 radical (unpaired) electrons. The number of amides is 2. The van der Waals surface area contributed by atoms with E-state index in [4.69, 9.17) is 5.73 Å². The predicted octanol–water partition coefficient (Wildman–Crippen LogP) is 4.03. The van der Waals surface area contributed by atoms with Gasteiger partial charge in [-0.2, -0.15) is 9.78 Å². The first-order valence-electron chi connectivity index (χ1n) is 16.1. The lowest BCUT2D eigenvalue weighted by molar-refractivity contribution is -0.133. The number of benzene rings is 1. The zero-order valence-electron chi connectivity index (χ0n) is 25.4. The molecule has 4 aromatic heterocycles. The molecule has 3 N–H and O–H groups in total. The number of hydrogen-bond acceptors (Lipinski definition) is 7. The van der Waals surface area contributed by atoms with Crippen molar-refractivity contribution < 1.29 is 9.59 Å². The van der Waals surface area contributed by atoms with Gasteiger partial charge in [0.15, 0.2) is 11.6 Å². The molecule has 0 atom stereocenters. The fraction of sp³-hybridized carbons (Fsp3) is 0.353. The van der Waals surface area contributed by atoms with Crippen LogP contribution in [0, 0.1) is 5.92 Å². The highest BCUT2D eigenvalue weighted by molar-refractivity contribution is 6.05. The summed E-state index contributed by atoms with van der Waals surface area (Å²) in [5.74, 6) is 1.22. The minimum absolute atomic E-state index is 0.160. The number of aromatic nitrogens is 6. The minimum atomic E-state index is -0.432. The number of piperidine rings is 1. The van der Waals surface area contributed by atoms with Crippen molar-refractivity contribution in [1.29, 1.82) is 0 Å². The van der Waals surface area contributed by atoms with Gasteiger partial charge >= 0.3 is 0 Å². The summed E-state index contributed by atoms with van der Waals surface area (Å²) in [5.41, 5.74) is 11.1. The Morgan fingerprint density at radius 3 is 2.48 bits per heavy atom. The van der Waals surface area contributed by atoms with Crippen LogP contribution in [0.1, 0.15) is 66.2 Å². The van der Waals surface area contributed by atoms with Crippen LogP contribution >= 0.6 is 0 Å². The zero-order valence-corrected chi connectivity index (χ0v) is 25.4. The van der Waals surface area contributed by atoms with E-state index < -0.39 is 5.91 Å². The van der Waals surface area contributed by atoms with Crippen LogP contribution in [0.15, 0.2) is 65.8 Å². The van der Waals surface area contributed by atoms with E-state index in [1.54, 1.807) is 18.3 Å². The van der Waals surface area contributed by atoms with Gasteiger partial charge < -0.3 is 16.0 Å². The molecule has 2 amide bonds. The lowest BCUT2D eigenvalue weighted by atomic mass is 9.92. The number of nitrogens with two attached hydrogens (primary N) is 1. The number of likely N-dealkylation sites (tertiary alicyclic amines) is 1. The average molecular weight is 618 g/mol. The second-order valence-electron chi connectivity index (χ2n) is 12.5. The van der Waals surface area contributed by atoms with Crippen LogP contribution in [0.5, 0.6) is 0 Å². The number of hydrogen-bond donors (Lipinski definition) is 2. The molecule has 1 saturated heterocycles. The van der Waals surface area contributed by atoms with Crippen molar-refractivity contribution >= 4 is 28.8 Å². The number of carbonyl (C=O) groups is 2. The van der Waals surface area contributed by atoms with Crippen LogP contribution < -0.4 is 16.6 Å². The van der Waals surface area contributed by atoms with Gasteiger partial charge in [-0.3, -0.25) is 19.1 Å². The third-order valence-electron chi connectivity index (χ3n) is 9.59. The third-order valence-corrected chi connectivity index (χ3v) is 9.59. The smallest absolute Gasteiger partial charge is 0.285 e. The Balaban J connectivity index is 1.06. The van der Waals surface area contributed by atoms with Crippen molar-refractivity contribution in [3.8, 4) is 16.9 Å². The van der Waals surface area contributed by atoms with Gasteiger partial charge in [0.05, 0.1) is 5.69 Å². The largest absolute Gasteiger partial charge is 0.382 e. The van der Waals surface area contributed by atoms with Gasteiger partial charge in [-0.05, 0) is 80.8 Å². The molecule has 12 heteroatoms. The van der Waals surface area contributed by atoms with Crippen molar-refractivity contribution in [3.63, 3.8) is 0 Å². The monoisotopic (exact) mass is 617 g/mol. The van der Waals surface area contributed by atoms with Gasteiger partial charge in [0.2, 0.25) is 5.91 Å². The van der Waals surface area contributed by atoms with Crippen LogP contribution in [0.4, 0.5) is 11.5 Å². The van der Waals surface area contributed by atoms with E-state index in [-0.39, 0.29) is 23.0 Å². The van der Waals surface area contributed by atoms with Crippen molar-refractivity contribution in [2.24, 2.45) is 5.92 Å². The quantitative estimate of drug-likeness (QED) is 0.293. The summed E-state index contributed by atoms with van der Waals surface area (Å²) >= 11 is 0. The molecule has 0 unspecified atom stereocenters. The highest BCUT2D eigenvalue weighted by atomic mass is 16.2. The Morgan fingerprint density at radius 2 is 1.74 bits per heavy atom. The van der Waals surface area contributed by atoms with E-state index in [0.717, 1.165) is 79.6 Å². The number of pyridine rings is 1. The minimum Gasteiger partial charge on any atom is -0.382 e. The van der Waals surface area contributed by atoms with Crippen molar-refractivity contribution in [2.75, 3.05) is 24.1 Å². The van der Waals surface area contributed by atoms with Gasteiger partial charge in [-0.15, -0.1) is 0 Å². The van der Waals surface area contributed by atoms with Gasteiger partial charge in [0, 0.05) is 54.6 Å². The fourth-order valence-electron chi connectivity index (χ4n) is 7.08. The van der Waals surface area contributed by atoms with Gasteiger partial charge in [0.25, 0.3) is 11.5 Å². The molecule has 1 saturated carbocycles. The molecule has 0 spiro atoms. The number of rotatable bonds is 6. The number of carbonyl (C=O) groups excluding carboxylic acids is 2. The van der Waals surface area contributed by atoms with Crippen LogP contribution in [-0.4, -0.2) is 58.7 Å². The van der Waals surface area contributed by atoms with E-state index in [9.17, 15) is 14.4 Å². The number of nitrogen functional groups attached to an aromatic ring is 1. The molecule has 5 aromatic rings. The van der Waals surface area contributed by atoms with Gasteiger partial charge in [0.1, 0.15) is 17.4 Å². The van der Waals surface area contributed by atoms with Crippen LogP contribution in [-0.2, 0) is 17.8 Å². The average Bonchev–Trinajstić information content (AvgIpc) is 3.79. The molecule has 46 heavy (non-hydrogen) atoms. The van der Waals surface area contributed by atoms with E-state index in [2.05, 4.69) is 26.4 Å². The summed E-state index contributed by atoms with van der Waals surface area (Å²) in [6, 6.07) is 15.1. The van der Waals surface area contributed by atoms with Crippen molar-refractivity contribution in [3.05, 3.63) is 88.4 Å². The summed E-state index contributed by atoms with van der Waals surface area (Å²) in [7, 11) is 0. The lowest BCUT2D eigenvalue weighted by Gasteiger charge is -2.32. The van der Waals surface area contributed by atoms with E-state index in [1.807, 2.05) is 44.4 Å². The maximum Gasteiger partial charge on any atom is 0.285 e. The zero-order chi connectivity index (χ0) is 31.4. The summed E-state index contributed by atoms with van der Waals surface area (Å²) in [6.45, 7) is 2.15.